The Morgan fingerprint density at radius 3 is 2.57 bits per heavy atom. The van der Waals surface area contributed by atoms with E-state index in [1.165, 1.54) is 24.4 Å². The van der Waals surface area contributed by atoms with Crippen molar-refractivity contribution in [3.8, 4) is 11.8 Å². The van der Waals surface area contributed by atoms with Gasteiger partial charge in [-0.15, -0.1) is 0 Å². The summed E-state index contributed by atoms with van der Waals surface area (Å²) >= 11 is 1.47. The number of benzene rings is 1. The van der Waals surface area contributed by atoms with Gasteiger partial charge in [0.15, 0.2) is 0 Å². The average molecular weight is 325 g/mol. The van der Waals surface area contributed by atoms with E-state index in [0.29, 0.717) is 12.1 Å². The van der Waals surface area contributed by atoms with Gasteiger partial charge in [0.1, 0.15) is 28.5 Å². The van der Waals surface area contributed by atoms with E-state index < -0.39 is 0 Å². The zero-order chi connectivity index (χ0) is 15.8. The molecule has 1 aromatic heterocycles. The van der Waals surface area contributed by atoms with Crippen molar-refractivity contribution in [1.29, 1.82) is 5.26 Å². The van der Waals surface area contributed by atoms with Crippen molar-refractivity contribution in [2.75, 3.05) is 4.90 Å². The van der Waals surface area contributed by atoms with Gasteiger partial charge in [-0.3, -0.25) is 0 Å². The first-order valence-corrected chi connectivity index (χ1v) is 8.90. The maximum absolute atomic E-state index is 9.42. The number of fused-ring (bicyclic) bond motifs is 2. The quantitative estimate of drug-likeness (QED) is 0.858. The zero-order valence-corrected chi connectivity index (χ0v) is 13.9. The predicted octanol–water partition coefficient (Wildman–Crippen LogP) is 3.90. The van der Waals surface area contributed by atoms with E-state index >= 15 is 0 Å². The molecule has 1 aromatic carbocycles. The lowest BCUT2D eigenvalue weighted by Crippen LogP contribution is -2.46. The fraction of sp³-hybridized carbons (Fsp3) is 0.444. The van der Waals surface area contributed by atoms with Crippen molar-refractivity contribution >= 4 is 16.5 Å². The van der Waals surface area contributed by atoms with Crippen molar-refractivity contribution < 1.29 is 4.74 Å². The van der Waals surface area contributed by atoms with Crippen LogP contribution in [0.5, 0.6) is 5.75 Å². The minimum Gasteiger partial charge on any atom is -0.490 e. The van der Waals surface area contributed by atoms with Crippen molar-refractivity contribution in [2.24, 2.45) is 0 Å². The lowest BCUT2D eigenvalue weighted by Gasteiger charge is -2.39. The van der Waals surface area contributed by atoms with Crippen LogP contribution >= 0.6 is 11.5 Å². The molecule has 23 heavy (non-hydrogen) atoms. The van der Waals surface area contributed by atoms with E-state index in [0.717, 1.165) is 34.8 Å². The zero-order valence-electron chi connectivity index (χ0n) is 13.1. The Morgan fingerprint density at radius 2 is 1.91 bits per heavy atom. The van der Waals surface area contributed by atoms with Gasteiger partial charge < -0.3 is 9.64 Å². The molecule has 0 N–H and O–H groups in total. The average Bonchev–Trinajstić information content (AvgIpc) is 3.05. The Labute approximate surface area is 140 Å². The van der Waals surface area contributed by atoms with Gasteiger partial charge in [-0.05, 0) is 43.4 Å². The smallest absolute Gasteiger partial charge is 0.130 e. The summed E-state index contributed by atoms with van der Waals surface area (Å²) < 4.78 is 10.6. The Bertz CT molecular complexity index is 722. The van der Waals surface area contributed by atoms with E-state index in [2.05, 4.69) is 15.3 Å². The van der Waals surface area contributed by atoms with Crippen LogP contribution in [0.15, 0.2) is 30.3 Å². The first-order chi connectivity index (χ1) is 11.3. The van der Waals surface area contributed by atoms with Crippen LogP contribution in [0.4, 0.5) is 5.00 Å². The Balaban J connectivity index is 1.53. The largest absolute Gasteiger partial charge is 0.490 e. The highest BCUT2D eigenvalue weighted by Crippen LogP contribution is 2.43. The molecule has 0 saturated carbocycles. The topological polar surface area (TPSA) is 49.2 Å². The lowest BCUT2D eigenvalue weighted by molar-refractivity contribution is 0.150. The summed E-state index contributed by atoms with van der Waals surface area (Å²) in [6, 6.07) is 13.3. The first kappa shape index (κ1) is 14.5. The second kappa shape index (κ2) is 5.86. The van der Waals surface area contributed by atoms with Crippen LogP contribution in [0.25, 0.3) is 0 Å². The van der Waals surface area contributed by atoms with E-state index in [1.807, 2.05) is 37.3 Å². The molecule has 4 nitrogen and oxygen atoms in total. The number of nitrogens with zero attached hydrogens (tertiary/aromatic N) is 3. The maximum Gasteiger partial charge on any atom is 0.130 e. The molecule has 0 radical (unpaired) electrons. The normalized spacial score (nSPS) is 26.1. The van der Waals surface area contributed by atoms with Gasteiger partial charge in [0.2, 0.25) is 0 Å². The van der Waals surface area contributed by atoms with Crippen LogP contribution in [0, 0.1) is 18.3 Å². The maximum atomic E-state index is 9.42. The van der Waals surface area contributed by atoms with Gasteiger partial charge >= 0.3 is 0 Å². The third kappa shape index (κ3) is 2.57. The predicted molar refractivity (Wildman–Crippen MR) is 90.9 cm³/mol. The molecule has 0 aliphatic carbocycles. The number of para-hydroxylation sites is 1. The Hall–Kier alpha value is -2.06. The number of nitriles is 1. The Morgan fingerprint density at radius 1 is 1.22 bits per heavy atom. The van der Waals surface area contributed by atoms with Gasteiger partial charge in [-0.2, -0.15) is 9.64 Å². The van der Waals surface area contributed by atoms with Crippen LogP contribution < -0.4 is 9.64 Å². The Kier molecular flexibility index (Phi) is 3.70. The van der Waals surface area contributed by atoms with E-state index in [-0.39, 0.29) is 6.10 Å². The molecule has 3 heterocycles. The summed E-state index contributed by atoms with van der Waals surface area (Å²) in [6.07, 6.45) is 4.67. The molecule has 2 aromatic rings. The summed E-state index contributed by atoms with van der Waals surface area (Å²) in [4.78, 5) is 2.45. The van der Waals surface area contributed by atoms with Crippen molar-refractivity contribution in [3.63, 3.8) is 0 Å². The van der Waals surface area contributed by atoms with Crippen LogP contribution in [0.3, 0.4) is 0 Å². The fourth-order valence-electron chi connectivity index (χ4n) is 3.91. The number of hydrogen-bond acceptors (Lipinski definition) is 5. The first-order valence-electron chi connectivity index (χ1n) is 8.12. The lowest BCUT2D eigenvalue weighted by atomic mass is 9.99. The van der Waals surface area contributed by atoms with Crippen LogP contribution in [0.1, 0.15) is 36.9 Å². The molecule has 2 saturated heterocycles. The number of piperidine rings is 1. The number of anilines is 1. The van der Waals surface area contributed by atoms with Crippen molar-refractivity contribution in [1.82, 2.24) is 4.37 Å². The van der Waals surface area contributed by atoms with Gasteiger partial charge in [0.25, 0.3) is 0 Å². The van der Waals surface area contributed by atoms with E-state index in [1.54, 1.807) is 0 Å². The monoisotopic (exact) mass is 325 g/mol. The summed E-state index contributed by atoms with van der Waals surface area (Å²) in [5, 5.41) is 10.5. The van der Waals surface area contributed by atoms with Crippen LogP contribution in [-0.4, -0.2) is 22.6 Å². The molecule has 2 atom stereocenters. The minimum absolute atomic E-state index is 0.269. The molecule has 5 heteroatoms. The molecular formula is C18H19N3OS. The summed E-state index contributed by atoms with van der Waals surface area (Å²) in [7, 11) is 0. The molecule has 2 unspecified atom stereocenters. The third-order valence-corrected chi connectivity index (χ3v) is 5.88. The third-order valence-electron chi connectivity index (χ3n) is 4.93. The van der Waals surface area contributed by atoms with E-state index in [4.69, 9.17) is 4.74 Å². The van der Waals surface area contributed by atoms with Gasteiger partial charge in [-0.25, -0.2) is 0 Å². The molecule has 2 bridgehead atoms. The summed E-state index contributed by atoms with van der Waals surface area (Å²) in [5.74, 6) is 0.955. The number of ether oxygens (including phenoxy) is 1. The van der Waals surface area contributed by atoms with Gasteiger partial charge in [0.05, 0.1) is 5.69 Å². The highest BCUT2D eigenvalue weighted by atomic mass is 32.1. The summed E-state index contributed by atoms with van der Waals surface area (Å²) in [5.41, 5.74) is 1.61. The second-order valence-electron chi connectivity index (χ2n) is 6.38. The van der Waals surface area contributed by atoms with Crippen molar-refractivity contribution in [3.05, 3.63) is 41.6 Å². The molecule has 4 rings (SSSR count). The molecule has 0 spiro atoms. The molecule has 0 amide bonds. The van der Waals surface area contributed by atoms with Gasteiger partial charge in [-0.1, -0.05) is 18.2 Å². The van der Waals surface area contributed by atoms with Crippen LogP contribution in [-0.2, 0) is 0 Å². The highest BCUT2D eigenvalue weighted by molar-refractivity contribution is 7.10. The minimum atomic E-state index is 0.269. The number of aryl methyl sites for hydroxylation is 1. The van der Waals surface area contributed by atoms with Crippen LogP contribution in [0.2, 0.25) is 0 Å². The standard InChI is InChI=1S/C18H19N3OS/c1-12-17(11-19)18(23-20-12)21-13-7-8-14(21)10-16(9-13)22-15-5-3-2-4-6-15/h2-6,13-14,16H,7-10H2,1H3. The highest BCUT2D eigenvalue weighted by Gasteiger charge is 2.43. The van der Waals surface area contributed by atoms with E-state index in [9.17, 15) is 5.26 Å². The molecule has 2 aliphatic heterocycles. The SMILES string of the molecule is Cc1nsc(N2C3CCC2CC(Oc2ccccc2)C3)c1C#N. The fourth-order valence-corrected chi connectivity index (χ4v) is 4.90. The second-order valence-corrected chi connectivity index (χ2v) is 7.13. The number of rotatable bonds is 3. The molecule has 118 valence electrons. The van der Waals surface area contributed by atoms with Crippen molar-refractivity contribution in [2.45, 2.75) is 50.8 Å². The number of hydrogen-bond donors (Lipinski definition) is 0. The molecule has 2 fully saturated rings. The number of aromatic nitrogens is 1. The van der Waals surface area contributed by atoms with Gasteiger partial charge in [0, 0.05) is 24.9 Å². The molecular weight excluding hydrogens is 306 g/mol. The summed E-state index contributed by atoms with van der Waals surface area (Å²) in [6.45, 7) is 1.92. The molecule has 2 aliphatic rings.